The van der Waals surface area contributed by atoms with Crippen molar-refractivity contribution >= 4 is 5.97 Å². The van der Waals surface area contributed by atoms with Crippen LogP contribution in [0, 0.1) is 11.6 Å². The second-order valence-corrected chi connectivity index (χ2v) is 4.35. The van der Waals surface area contributed by atoms with Crippen molar-refractivity contribution in [3.8, 4) is 17.1 Å². The number of hydrogen-bond acceptors (Lipinski definition) is 4. The molecule has 3 rings (SSSR count). The van der Waals surface area contributed by atoms with Gasteiger partial charge < -0.3 is 5.11 Å². The maximum Gasteiger partial charge on any atom is 0.358 e. The van der Waals surface area contributed by atoms with Gasteiger partial charge in [-0.25, -0.2) is 18.3 Å². The molecule has 0 spiro atoms. The Bertz CT molecular complexity index is 829. The number of aromatic nitrogens is 4. The van der Waals surface area contributed by atoms with Crippen LogP contribution in [0.1, 0.15) is 10.5 Å². The molecule has 2 aromatic heterocycles. The molecular weight excluding hydrogens is 294 g/mol. The largest absolute Gasteiger partial charge is 0.476 e. The van der Waals surface area contributed by atoms with Gasteiger partial charge in [0.1, 0.15) is 17.3 Å². The Morgan fingerprint density at radius 1 is 1.14 bits per heavy atom. The van der Waals surface area contributed by atoms with E-state index in [9.17, 15) is 18.7 Å². The van der Waals surface area contributed by atoms with Crippen molar-refractivity contribution in [1.82, 2.24) is 20.0 Å². The van der Waals surface area contributed by atoms with Gasteiger partial charge in [0.05, 0.1) is 11.4 Å². The van der Waals surface area contributed by atoms with Gasteiger partial charge in [-0.05, 0) is 24.3 Å². The summed E-state index contributed by atoms with van der Waals surface area (Å²) in [6.07, 6.45) is 1.46. The molecule has 0 fully saturated rings. The molecule has 0 saturated heterocycles. The van der Waals surface area contributed by atoms with Gasteiger partial charge in [-0.1, -0.05) is 11.3 Å². The Kier molecular flexibility index (Phi) is 3.34. The highest BCUT2D eigenvalue weighted by molar-refractivity contribution is 5.92. The molecule has 0 unspecified atom stereocenters. The Morgan fingerprint density at radius 2 is 1.86 bits per heavy atom. The van der Waals surface area contributed by atoms with Crippen LogP contribution in [0.5, 0.6) is 0 Å². The van der Waals surface area contributed by atoms with Crippen LogP contribution >= 0.6 is 0 Å². The third-order valence-electron chi connectivity index (χ3n) is 2.87. The summed E-state index contributed by atoms with van der Waals surface area (Å²) in [5.74, 6) is -2.94. The molecule has 8 heteroatoms. The summed E-state index contributed by atoms with van der Waals surface area (Å²) in [5, 5.41) is 16.4. The van der Waals surface area contributed by atoms with Crippen molar-refractivity contribution in [2.45, 2.75) is 0 Å². The minimum Gasteiger partial charge on any atom is -0.476 e. The smallest absolute Gasteiger partial charge is 0.358 e. The van der Waals surface area contributed by atoms with Gasteiger partial charge in [-0.2, -0.15) is 0 Å². The molecular formula is C14H8F2N4O2. The highest BCUT2D eigenvalue weighted by Gasteiger charge is 2.22. The SMILES string of the molecule is O=C(O)c1nnn(-c2cc(F)cc(F)c2)c1-c1ccccn1. The molecule has 0 saturated carbocycles. The van der Waals surface area contributed by atoms with Crippen molar-refractivity contribution in [1.29, 1.82) is 0 Å². The molecule has 0 bridgehead atoms. The molecule has 0 amide bonds. The van der Waals surface area contributed by atoms with Crippen LogP contribution in [0.2, 0.25) is 0 Å². The summed E-state index contributed by atoms with van der Waals surface area (Å²) < 4.78 is 27.8. The van der Waals surface area contributed by atoms with Crippen LogP contribution in [-0.4, -0.2) is 31.1 Å². The van der Waals surface area contributed by atoms with E-state index in [4.69, 9.17) is 0 Å². The van der Waals surface area contributed by atoms with Crippen molar-refractivity contribution < 1.29 is 18.7 Å². The summed E-state index contributed by atoms with van der Waals surface area (Å²) in [5.41, 5.74) is -0.0332. The molecule has 0 aliphatic carbocycles. The standard InChI is InChI=1S/C14H8F2N4O2/c15-8-5-9(16)7-10(6-8)20-13(11-3-1-2-4-17-11)12(14(21)22)18-19-20/h1-7H,(H,21,22). The number of carboxylic acid groups (broad SMARTS) is 1. The summed E-state index contributed by atoms with van der Waals surface area (Å²) >= 11 is 0. The summed E-state index contributed by atoms with van der Waals surface area (Å²) in [4.78, 5) is 15.3. The zero-order valence-corrected chi connectivity index (χ0v) is 10.9. The lowest BCUT2D eigenvalue weighted by Crippen LogP contribution is -2.04. The highest BCUT2D eigenvalue weighted by Crippen LogP contribution is 2.24. The molecule has 110 valence electrons. The lowest BCUT2D eigenvalue weighted by atomic mass is 10.2. The Labute approximate surface area is 122 Å². The topological polar surface area (TPSA) is 80.9 Å². The number of hydrogen-bond donors (Lipinski definition) is 1. The van der Waals surface area contributed by atoms with E-state index in [1.54, 1.807) is 18.2 Å². The number of nitrogens with zero attached hydrogens (tertiary/aromatic N) is 4. The van der Waals surface area contributed by atoms with Crippen molar-refractivity contribution in [3.63, 3.8) is 0 Å². The third-order valence-corrected chi connectivity index (χ3v) is 2.87. The predicted molar refractivity (Wildman–Crippen MR) is 71.5 cm³/mol. The van der Waals surface area contributed by atoms with Crippen LogP contribution < -0.4 is 0 Å². The number of benzene rings is 1. The number of aromatic carboxylic acids is 1. The number of halogens is 2. The minimum atomic E-state index is -1.32. The predicted octanol–water partition coefficient (Wildman–Crippen LogP) is 2.31. The molecule has 2 heterocycles. The van der Waals surface area contributed by atoms with Crippen molar-refractivity contribution in [2.75, 3.05) is 0 Å². The normalized spacial score (nSPS) is 10.6. The Balaban J connectivity index is 2.27. The number of rotatable bonds is 3. The number of carboxylic acids is 1. The zero-order chi connectivity index (χ0) is 15.7. The van der Waals surface area contributed by atoms with Gasteiger partial charge in [0.15, 0.2) is 5.69 Å². The average Bonchev–Trinajstić information content (AvgIpc) is 2.92. The van der Waals surface area contributed by atoms with E-state index in [0.29, 0.717) is 6.07 Å². The van der Waals surface area contributed by atoms with E-state index >= 15 is 0 Å². The average molecular weight is 302 g/mol. The highest BCUT2D eigenvalue weighted by atomic mass is 19.1. The lowest BCUT2D eigenvalue weighted by Gasteiger charge is -2.07. The van der Waals surface area contributed by atoms with Crippen LogP contribution in [0.3, 0.4) is 0 Å². The molecule has 1 aromatic carbocycles. The van der Waals surface area contributed by atoms with Crippen LogP contribution in [0.25, 0.3) is 17.1 Å². The third kappa shape index (κ3) is 2.41. The molecule has 0 atom stereocenters. The van der Waals surface area contributed by atoms with E-state index in [2.05, 4.69) is 15.3 Å². The van der Waals surface area contributed by atoms with Gasteiger partial charge in [-0.15, -0.1) is 5.10 Å². The monoisotopic (exact) mass is 302 g/mol. The Hall–Kier alpha value is -3.16. The zero-order valence-electron chi connectivity index (χ0n) is 10.9. The second-order valence-electron chi connectivity index (χ2n) is 4.35. The fourth-order valence-corrected chi connectivity index (χ4v) is 2.00. The van der Waals surface area contributed by atoms with Gasteiger partial charge in [-0.3, -0.25) is 4.98 Å². The van der Waals surface area contributed by atoms with Crippen LogP contribution in [-0.2, 0) is 0 Å². The van der Waals surface area contributed by atoms with Crippen LogP contribution in [0.4, 0.5) is 8.78 Å². The number of pyridine rings is 1. The van der Waals surface area contributed by atoms with E-state index in [-0.39, 0.29) is 22.8 Å². The fourth-order valence-electron chi connectivity index (χ4n) is 2.00. The van der Waals surface area contributed by atoms with Gasteiger partial charge in [0.25, 0.3) is 0 Å². The van der Waals surface area contributed by atoms with Crippen molar-refractivity contribution in [2.24, 2.45) is 0 Å². The summed E-state index contributed by atoms with van der Waals surface area (Å²) in [6.45, 7) is 0. The van der Waals surface area contributed by atoms with Crippen LogP contribution in [0.15, 0.2) is 42.6 Å². The molecule has 6 nitrogen and oxygen atoms in total. The number of carbonyl (C=O) groups is 1. The van der Waals surface area contributed by atoms with E-state index in [1.165, 1.54) is 6.20 Å². The lowest BCUT2D eigenvalue weighted by molar-refractivity contribution is 0.0691. The molecule has 0 aliphatic heterocycles. The molecule has 0 aliphatic rings. The molecule has 1 N–H and O–H groups in total. The molecule has 0 radical (unpaired) electrons. The van der Waals surface area contributed by atoms with Gasteiger partial charge in [0, 0.05) is 12.3 Å². The maximum atomic E-state index is 13.4. The Morgan fingerprint density at radius 3 is 2.45 bits per heavy atom. The summed E-state index contributed by atoms with van der Waals surface area (Å²) in [6, 6.07) is 7.61. The van der Waals surface area contributed by atoms with Crippen molar-refractivity contribution in [3.05, 3.63) is 59.9 Å². The van der Waals surface area contributed by atoms with E-state index < -0.39 is 17.6 Å². The minimum absolute atomic E-state index is 0.0122. The molecule has 3 aromatic rings. The first-order valence-corrected chi connectivity index (χ1v) is 6.13. The first-order chi connectivity index (χ1) is 10.6. The second kappa shape index (κ2) is 5.32. The maximum absolute atomic E-state index is 13.4. The molecule has 22 heavy (non-hydrogen) atoms. The van der Waals surface area contributed by atoms with E-state index in [0.717, 1.165) is 16.8 Å². The first-order valence-electron chi connectivity index (χ1n) is 6.13. The van der Waals surface area contributed by atoms with Gasteiger partial charge >= 0.3 is 5.97 Å². The fraction of sp³-hybridized carbons (Fsp3) is 0. The quantitative estimate of drug-likeness (QED) is 0.803. The first kappa shape index (κ1) is 13.8. The van der Waals surface area contributed by atoms with E-state index in [1.807, 2.05) is 0 Å². The van der Waals surface area contributed by atoms with Gasteiger partial charge in [0.2, 0.25) is 0 Å². The summed E-state index contributed by atoms with van der Waals surface area (Å²) in [7, 11) is 0.